The second-order valence-corrected chi connectivity index (χ2v) is 4.36. The van der Waals surface area contributed by atoms with Crippen molar-refractivity contribution in [2.75, 3.05) is 13.6 Å². The van der Waals surface area contributed by atoms with Crippen LogP contribution in [-0.4, -0.2) is 13.6 Å². The number of hydrogen-bond acceptors (Lipinski definition) is 1. The zero-order valence-electron chi connectivity index (χ0n) is 9.14. The van der Waals surface area contributed by atoms with Crippen LogP contribution in [0.15, 0.2) is 24.3 Å². The zero-order chi connectivity index (χ0) is 10.0. The molecule has 1 nitrogen and oxygen atoms in total. The molecule has 1 saturated carbocycles. The fraction of sp³-hybridized carbons (Fsp3) is 0.538. The van der Waals surface area contributed by atoms with E-state index in [1.165, 1.54) is 24.0 Å². The summed E-state index contributed by atoms with van der Waals surface area (Å²) in [4.78, 5) is 0. The lowest BCUT2D eigenvalue weighted by atomic mass is 9.94. The first-order valence-electron chi connectivity index (χ1n) is 5.55. The molecule has 1 fully saturated rings. The Kier molecular flexibility index (Phi) is 2.60. The highest BCUT2D eigenvalue weighted by molar-refractivity contribution is 5.34. The fourth-order valence-electron chi connectivity index (χ4n) is 2.15. The third-order valence-corrected chi connectivity index (χ3v) is 3.34. The van der Waals surface area contributed by atoms with Gasteiger partial charge in [0.25, 0.3) is 0 Å². The summed E-state index contributed by atoms with van der Waals surface area (Å²) in [6, 6.07) is 9.16. The topological polar surface area (TPSA) is 12.0 Å². The van der Waals surface area contributed by atoms with E-state index in [1.54, 1.807) is 0 Å². The molecule has 1 heteroatoms. The lowest BCUT2D eigenvalue weighted by Gasteiger charge is -2.15. The minimum Gasteiger partial charge on any atom is -0.319 e. The summed E-state index contributed by atoms with van der Waals surface area (Å²) in [5.41, 5.74) is 3.43. The molecule has 0 bridgehead atoms. The van der Waals surface area contributed by atoms with Gasteiger partial charge in [0.2, 0.25) is 0 Å². The molecule has 76 valence electrons. The van der Waals surface area contributed by atoms with E-state index in [9.17, 15) is 0 Å². The molecular formula is C13H19N. The second-order valence-electron chi connectivity index (χ2n) is 4.36. The average Bonchev–Trinajstić information content (AvgIpc) is 3.00. The molecule has 1 aliphatic rings. The van der Waals surface area contributed by atoms with Gasteiger partial charge in [-0.25, -0.2) is 0 Å². The van der Waals surface area contributed by atoms with Crippen molar-refractivity contribution in [1.29, 1.82) is 0 Å². The van der Waals surface area contributed by atoms with Crippen molar-refractivity contribution >= 4 is 0 Å². The van der Waals surface area contributed by atoms with Gasteiger partial charge in [-0.05, 0) is 37.4 Å². The summed E-state index contributed by atoms with van der Waals surface area (Å²) in [5, 5.41) is 3.30. The lowest BCUT2D eigenvalue weighted by Crippen LogP contribution is -2.23. The van der Waals surface area contributed by atoms with Crippen LogP contribution in [-0.2, 0) is 11.8 Å². The highest BCUT2D eigenvalue weighted by Gasteiger charge is 2.43. The first-order chi connectivity index (χ1) is 6.80. The predicted molar refractivity (Wildman–Crippen MR) is 60.7 cm³/mol. The van der Waals surface area contributed by atoms with Crippen molar-refractivity contribution in [1.82, 2.24) is 5.32 Å². The maximum atomic E-state index is 3.30. The van der Waals surface area contributed by atoms with Crippen LogP contribution in [0.3, 0.4) is 0 Å². The molecule has 0 amide bonds. The monoisotopic (exact) mass is 189 g/mol. The standard InChI is InChI=1S/C13H19N/c1-3-11-4-6-12(7-5-11)13(8-9-13)10-14-2/h4-7,14H,3,8-10H2,1-2H3. The lowest BCUT2D eigenvalue weighted by molar-refractivity contribution is 0.624. The Hall–Kier alpha value is -0.820. The number of hydrogen-bond donors (Lipinski definition) is 1. The van der Waals surface area contributed by atoms with Crippen LogP contribution in [0.2, 0.25) is 0 Å². The van der Waals surface area contributed by atoms with Crippen molar-refractivity contribution in [3.05, 3.63) is 35.4 Å². The van der Waals surface area contributed by atoms with Gasteiger partial charge in [-0.1, -0.05) is 31.2 Å². The van der Waals surface area contributed by atoms with Crippen LogP contribution in [0, 0.1) is 0 Å². The van der Waals surface area contributed by atoms with E-state index in [2.05, 4.69) is 36.5 Å². The van der Waals surface area contributed by atoms with Crippen LogP contribution in [0.25, 0.3) is 0 Å². The molecule has 0 aliphatic heterocycles. The molecule has 0 saturated heterocycles. The van der Waals surface area contributed by atoms with E-state index in [4.69, 9.17) is 0 Å². The fourth-order valence-corrected chi connectivity index (χ4v) is 2.15. The Morgan fingerprint density at radius 2 is 1.86 bits per heavy atom. The number of nitrogens with one attached hydrogen (secondary N) is 1. The molecule has 1 aromatic rings. The Bertz CT molecular complexity index is 296. The van der Waals surface area contributed by atoms with Crippen LogP contribution in [0.4, 0.5) is 0 Å². The molecule has 0 radical (unpaired) electrons. The molecule has 14 heavy (non-hydrogen) atoms. The minimum absolute atomic E-state index is 0.473. The summed E-state index contributed by atoms with van der Waals surface area (Å²) in [5.74, 6) is 0. The summed E-state index contributed by atoms with van der Waals surface area (Å²) >= 11 is 0. The van der Waals surface area contributed by atoms with E-state index in [0.717, 1.165) is 13.0 Å². The summed E-state index contributed by atoms with van der Waals surface area (Å²) in [6.45, 7) is 3.33. The van der Waals surface area contributed by atoms with E-state index < -0.39 is 0 Å². The Labute approximate surface area is 86.5 Å². The van der Waals surface area contributed by atoms with Gasteiger partial charge in [-0.3, -0.25) is 0 Å². The van der Waals surface area contributed by atoms with Gasteiger partial charge >= 0.3 is 0 Å². The summed E-state index contributed by atoms with van der Waals surface area (Å²) < 4.78 is 0. The van der Waals surface area contributed by atoms with Crippen molar-refractivity contribution in [3.63, 3.8) is 0 Å². The van der Waals surface area contributed by atoms with Crippen LogP contribution >= 0.6 is 0 Å². The Morgan fingerprint density at radius 1 is 1.21 bits per heavy atom. The van der Waals surface area contributed by atoms with E-state index >= 15 is 0 Å². The third kappa shape index (κ3) is 1.69. The van der Waals surface area contributed by atoms with E-state index in [1.807, 2.05) is 7.05 Å². The van der Waals surface area contributed by atoms with Crippen molar-refractivity contribution in [2.24, 2.45) is 0 Å². The molecule has 2 rings (SSSR count). The molecule has 1 aromatic carbocycles. The molecule has 0 heterocycles. The van der Waals surface area contributed by atoms with Crippen LogP contribution in [0.1, 0.15) is 30.9 Å². The number of rotatable bonds is 4. The van der Waals surface area contributed by atoms with Crippen molar-refractivity contribution in [2.45, 2.75) is 31.6 Å². The van der Waals surface area contributed by atoms with Gasteiger partial charge in [0.05, 0.1) is 0 Å². The van der Waals surface area contributed by atoms with Crippen molar-refractivity contribution in [3.8, 4) is 0 Å². The number of likely N-dealkylation sites (N-methyl/N-ethyl adjacent to an activating group) is 1. The molecule has 0 spiro atoms. The second kappa shape index (κ2) is 3.74. The Balaban J connectivity index is 2.16. The van der Waals surface area contributed by atoms with Crippen LogP contribution in [0.5, 0.6) is 0 Å². The first-order valence-corrected chi connectivity index (χ1v) is 5.55. The quantitative estimate of drug-likeness (QED) is 0.767. The first kappa shape index (κ1) is 9.72. The van der Waals surface area contributed by atoms with Gasteiger partial charge in [0, 0.05) is 12.0 Å². The largest absolute Gasteiger partial charge is 0.319 e. The normalized spacial score (nSPS) is 18.1. The predicted octanol–water partition coefficient (Wildman–Crippen LogP) is 2.50. The van der Waals surface area contributed by atoms with Crippen LogP contribution < -0.4 is 5.32 Å². The van der Waals surface area contributed by atoms with Gasteiger partial charge in [-0.2, -0.15) is 0 Å². The number of aryl methyl sites for hydroxylation is 1. The summed E-state index contributed by atoms with van der Waals surface area (Å²) in [7, 11) is 2.04. The van der Waals surface area contributed by atoms with Gasteiger partial charge in [0.1, 0.15) is 0 Å². The minimum atomic E-state index is 0.473. The molecule has 0 unspecified atom stereocenters. The van der Waals surface area contributed by atoms with E-state index in [-0.39, 0.29) is 0 Å². The molecule has 1 aliphatic carbocycles. The SMILES string of the molecule is CCc1ccc(C2(CNC)CC2)cc1. The van der Waals surface area contributed by atoms with E-state index in [0.29, 0.717) is 5.41 Å². The summed E-state index contributed by atoms with van der Waals surface area (Å²) in [6.07, 6.45) is 3.83. The Morgan fingerprint density at radius 3 is 2.29 bits per heavy atom. The smallest absolute Gasteiger partial charge is 0.00783 e. The molecule has 0 aromatic heterocycles. The highest BCUT2D eigenvalue weighted by atomic mass is 14.8. The van der Waals surface area contributed by atoms with Gasteiger partial charge in [-0.15, -0.1) is 0 Å². The highest BCUT2D eigenvalue weighted by Crippen LogP contribution is 2.47. The maximum Gasteiger partial charge on any atom is 0.00783 e. The average molecular weight is 189 g/mol. The zero-order valence-corrected chi connectivity index (χ0v) is 9.14. The van der Waals surface area contributed by atoms with Crippen molar-refractivity contribution < 1.29 is 0 Å². The third-order valence-electron chi connectivity index (χ3n) is 3.34. The van der Waals surface area contributed by atoms with Gasteiger partial charge < -0.3 is 5.32 Å². The number of benzene rings is 1. The van der Waals surface area contributed by atoms with Gasteiger partial charge in [0.15, 0.2) is 0 Å². The molecular weight excluding hydrogens is 170 g/mol. The molecule has 0 atom stereocenters. The maximum absolute atomic E-state index is 3.30. The molecule has 1 N–H and O–H groups in total.